The van der Waals surface area contributed by atoms with E-state index in [4.69, 9.17) is 11.6 Å². The van der Waals surface area contributed by atoms with Gasteiger partial charge in [0, 0.05) is 29.1 Å². The van der Waals surface area contributed by atoms with Crippen molar-refractivity contribution in [3.8, 4) is 0 Å². The number of imidazole rings is 1. The third-order valence-corrected chi connectivity index (χ3v) is 5.88. The highest BCUT2D eigenvalue weighted by Gasteiger charge is 2.19. The van der Waals surface area contributed by atoms with E-state index < -0.39 is 0 Å². The van der Waals surface area contributed by atoms with Crippen LogP contribution in [0.1, 0.15) is 34.7 Å². The zero-order valence-corrected chi connectivity index (χ0v) is 18.0. The number of carbonyl (C=O) groups excluding carboxylic acids is 2. The molecule has 1 unspecified atom stereocenters. The number of halogens is 1. The van der Waals surface area contributed by atoms with Gasteiger partial charge in [0.05, 0.1) is 23.0 Å². The van der Waals surface area contributed by atoms with Crippen molar-refractivity contribution in [2.24, 2.45) is 7.05 Å². The molecule has 1 N–H and O–H groups in total. The van der Waals surface area contributed by atoms with Crippen molar-refractivity contribution >= 4 is 51.3 Å². The average molecular weight is 439 g/mol. The molecular weight excluding hydrogens is 420 g/mol. The predicted octanol–water partition coefficient (Wildman–Crippen LogP) is 4.85. The first-order chi connectivity index (χ1) is 14.4. The Balaban J connectivity index is 1.54. The van der Waals surface area contributed by atoms with E-state index in [2.05, 4.69) is 15.3 Å². The number of Topliss-reactive ketones (excluding diaryl/α,β-unsaturated/α-hetero) is 1. The Kier molecular flexibility index (Phi) is 5.65. The summed E-state index contributed by atoms with van der Waals surface area (Å²) in [5, 5.41) is 5.13. The van der Waals surface area contributed by atoms with Crippen LogP contribution in [0.4, 0.5) is 5.69 Å². The lowest BCUT2D eigenvalue weighted by Gasteiger charge is -2.11. The second kappa shape index (κ2) is 8.38. The summed E-state index contributed by atoms with van der Waals surface area (Å²) in [5.74, 6) is 0.188. The summed E-state index contributed by atoms with van der Waals surface area (Å²) in [6, 6.07) is 12.9. The summed E-state index contributed by atoms with van der Waals surface area (Å²) in [5.41, 5.74) is 5.11. The zero-order valence-electron chi connectivity index (χ0n) is 16.4. The van der Waals surface area contributed by atoms with Gasteiger partial charge in [0.15, 0.2) is 0 Å². The molecule has 2 aromatic heterocycles. The number of ketones is 1. The van der Waals surface area contributed by atoms with Crippen LogP contribution in [-0.4, -0.2) is 26.2 Å². The SMILES string of the molecule is CC(C(=O)Cc1nc2cc(NC(=O)c3cscn3)ccc2n1C)c1cccc(Cl)c1. The van der Waals surface area contributed by atoms with Gasteiger partial charge in [-0.2, -0.15) is 0 Å². The molecule has 4 rings (SSSR count). The second-order valence-electron chi connectivity index (χ2n) is 7.04. The number of nitrogens with one attached hydrogen (secondary N) is 1. The van der Waals surface area contributed by atoms with Crippen molar-refractivity contribution in [3.05, 3.63) is 75.5 Å². The number of rotatable bonds is 6. The summed E-state index contributed by atoms with van der Waals surface area (Å²) in [6.45, 7) is 1.88. The van der Waals surface area contributed by atoms with Crippen molar-refractivity contribution in [1.29, 1.82) is 0 Å². The Morgan fingerprint density at radius 2 is 2.07 bits per heavy atom. The molecule has 0 fully saturated rings. The Morgan fingerprint density at radius 3 is 2.80 bits per heavy atom. The first-order valence-corrected chi connectivity index (χ1v) is 10.7. The first-order valence-electron chi connectivity index (χ1n) is 9.35. The highest BCUT2D eigenvalue weighted by Crippen LogP contribution is 2.24. The minimum Gasteiger partial charge on any atom is -0.331 e. The smallest absolute Gasteiger partial charge is 0.275 e. The second-order valence-corrected chi connectivity index (χ2v) is 8.19. The number of benzene rings is 2. The van der Waals surface area contributed by atoms with Gasteiger partial charge in [-0.15, -0.1) is 11.3 Å². The van der Waals surface area contributed by atoms with Crippen LogP contribution >= 0.6 is 22.9 Å². The van der Waals surface area contributed by atoms with Crippen molar-refractivity contribution in [3.63, 3.8) is 0 Å². The molecule has 0 aliphatic rings. The minimum absolute atomic E-state index is 0.0627. The highest BCUT2D eigenvalue weighted by atomic mass is 35.5. The summed E-state index contributed by atoms with van der Waals surface area (Å²) in [7, 11) is 1.88. The summed E-state index contributed by atoms with van der Waals surface area (Å²) < 4.78 is 1.91. The fourth-order valence-electron chi connectivity index (χ4n) is 3.28. The van der Waals surface area contributed by atoms with Gasteiger partial charge in [-0.25, -0.2) is 9.97 Å². The Bertz CT molecular complexity index is 1230. The molecular formula is C22H19ClN4O2S. The molecule has 0 aliphatic carbocycles. The van der Waals surface area contributed by atoms with Crippen LogP contribution in [0, 0.1) is 0 Å². The van der Waals surface area contributed by atoms with Gasteiger partial charge >= 0.3 is 0 Å². The number of carbonyl (C=O) groups is 2. The van der Waals surface area contributed by atoms with Gasteiger partial charge in [-0.3, -0.25) is 9.59 Å². The normalized spacial score (nSPS) is 12.1. The van der Waals surface area contributed by atoms with E-state index in [1.807, 2.05) is 48.9 Å². The van der Waals surface area contributed by atoms with Gasteiger partial charge in [-0.1, -0.05) is 30.7 Å². The summed E-state index contributed by atoms with van der Waals surface area (Å²) in [4.78, 5) is 33.7. The van der Waals surface area contributed by atoms with E-state index in [1.54, 1.807) is 23.0 Å². The van der Waals surface area contributed by atoms with Crippen LogP contribution in [0.25, 0.3) is 11.0 Å². The summed E-state index contributed by atoms with van der Waals surface area (Å²) >= 11 is 7.42. The number of fused-ring (bicyclic) bond motifs is 1. The number of hydrogen-bond donors (Lipinski definition) is 1. The van der Waals surface area contributed by atoms with Gasteiger partial charge in [0.25, 0.3) is 5.91 Å². The molecule has 6 nitrogen and oxygen atoms in total. The number of nitrogens with zero attached hydrogens (tertiary/aromatic N) is 3. The number of aryl methyl sites for hydroxylation is 1. The van der Waals surface area contributed by atoms with Gasteiger partial charge in [-0.05, 0) is 35.9 Å². The van der Waals surface area contributed by atoms with Crippen molar-refractivity contribution < 1.29 is 9.59 Å². The molecule has 0 saturated carbocycles. The van der Waals surface area contributed by atoms with Crippen LogP contribution in [0.5, 0.6) is 0 Å². The Morgan fingerprint density at radius 1 is 1.23 bits per heavy atom. The van der Waals surface area contributed by atoms with Crippen LogP contribution < -0.4 is 5.32 Å². The molecule has 4 aromatic rings. The van der Waals surface area contributed by atoms with Crippen LogP contribution in [-0.2, 0) is 18.3 Å². The van der Waals surface area contributed by atoms with E-state index in [1.165, 1.54) is 11.3 Å². The van der Waals surface area contributed by atoms with Gasteiger partial charge in [0.2, 0.25) is 0 Å². The molecule has 2 aromatic carbocycles. The third-order valence-electron chi connectivity index (χ3n) is 5.06. The molecule has 152 valence electrons. The lowest BCUT2D eigenvalue weighted by molar-refractivity contribution is -0.119. The lowest BCUT2D eigenvalue weighted by Crippen LogP contribution is -2.14. The fourth-order valence-corrected chi connectivity index (χ4v) is 4.01. The largest absolute Gasteiger partial charge is 0.331 e. The number of hydrogen-bond acceptors (Lipinski definition) is 5. The predicted molar refractivity (Wildman–Crippen MR) is 119 cm³/mol. The van der Waals surface area contributed by atoms with Gasteiger partial charge < -0.3 is 9.88 Å². The zero-order chi connectivity index (χ0) is 21.3. The van der Waals surface area contributed by atoms with Crippen LogP contribution in [0.2, 0.25) is 5.02 Å². The topological polar surface area (TPSA) is 76.9 Å². The standard InChI is InChI=1S/C22H19ClN4O2S/c1-13(14-4-3-5-15(23)8-14)20(28)10-21-26-17-9-16(6-7-19(17)27(21)2)25-22(29)18-11-30-12-24-18/h3-9,11-13H,10H2,1-2H3,(H,25,29). The van der Waals surface area contributed by atoms with Crippen molar-refractivity contribution in [2.75, 3.05) is 5.32 Å². The molecule has 0 spiro atoms. The molecule has 1 amide bonds. The molecule has 0 bridgehead atoms. The number of anilines is 1. The molecule has 0 radical (unpaired) electrons. The van der Waals surface area contributed by atoms with E-state index >= 15 is 0 Å². The molecule has 2 heterocycles. The molecule has 8 heteroatoms. The molecule has 0 aliphatic heterocycles. The summed E-state index contributed by atoms with van der Waals surface area (Å²) in [6.07, 6.45) is 0.208. The monoisotopic (exact) mass is 438 g/mol. The minimum atomic E-state index is -0.281. The van der Waals surface area contributed by atoms with Crippen molar-refractivity contribution in [2.45, 2.75) is 19.3 Å². The van der Waals surface area contributed by atoms with E-state index in [0.717, 1.165) is 11.1 Å². The van der Waals surface area contributed by atoms with Crippen LogP contribution in [0.3, 0.4) is 0 Å². The number of amides is 1. The molecule has 30 heavy (non-hydrogen) atoms. The molecule has 1 atom stereocenters. The third kappa shape index (κ3) is 4.13. The van der Waals surface area contributed by atoms with Crippen LogP contribution in [0.15, 0.2) is 53.4 Å². The number of aromatic nitrogens is 3. The van der Waals surface area contributed by atoms with E-state index in [0.29, 0.717) is 27.7 Å². The Hall–Kier alpha value is -3.03. The molecule has 0 saturated heterocycles. The quantitative estimate of drug-likeness (QED) is 0.466. The average Bonchev–Trinajstić information content (AvgIpc) is 3.36. The number of thiazole rings is 1. The van der Waals surface area contributed by atoms with E-state index in [9.17, 15) is 9.59 Å². The van der Waals surface area contributed by atoms with E-state index in [-0.39, 0.29) is 24.0 Å². The van der Waals surface area contributed by atoms with Crippen molar-refractivity contribution in [1.82, 2.24) is 14.5 Å². The Labute approximate surface area is 182 Å². The lowest BCUT2D eigenvalue weighted by atomic mass is 9.95. The first kappa shape index (κ1) is 20.3. The maximum Gasteiger partial charge on any atom is 0.275 e. The van der Waals surface area contributed by atoms with Gasteiger partial charge in [0.1, 0.15) is 17.3 Å². The highest BCUT2D eigenvalue weighted by molar-refractivity contribution is 7.07. The maximum atomic E-state index is 12.8. The fraction of sp³-hybridized carbons (Fsp3) is 0.182. The maximum absolute atomic E-state index is 12.8.